The summed E-state index contributed by atoms with van der Waals surface area (Å²) in [5.41, 5.74) is 7.85. The molecule has 0 aliphatic heterocycles. The molecule has 0 spiro atoms. The van der Waals surface area contributed by atoms with Gasteiger partial charge in [-0.2, -0.15) is 5.10 Å². The van der Waals surface area contributed by atoms with Crippen LogP contribution in [0.1, 0.15) is 44.4 Å². The second kappa shape index (κ2) is 6.70. The highest BCUT2D eigenvalue weighted by Gasteiger charge is 2.18. The lowest BCUT2D eigenvalue weighted by Crippen LogP contribution is -2.25. The maximum Gasteiger partial charge on any atom is 0.220 e. The Kier molecular flexibility index (Phi) is 5.54. The number of aryl methyl sites for hydroxylation is 1. The van der Waals surface area contributed by atoms with Gasteiger partial charge < -0.3 is 11.1 Å². The normalized spacial score (nSPS) is 11.6. The van der Waals surface area contributed by atoms with Crippen molar-refractivity contribution < 1.29 is 4.79 Å². The Bertz CT molecular complexity index is 423. The van der Waals surface area contributed by atoms with Gasteiger partial charge in [-0.15, -0.1) is 0 Å². The van der Waals surface area contributed by atoms with Crippen molar-refractivity contribution in [2.75, 3.05) is 6.54 Å². The van der Waals surface area contributed by atoms with Crippen LogP contribution in [0.5, 0.6) is 0 Å². The molecule has 108 valence electrons. The summed E-state index contributed by atoms with van der Waals surface area (Å²) in [6.45, 7) is 7.52. The fourth-order valence-electron chi connectivity index (χ4n) is 1.97. The van der Waals surface area contributed by atoms with E-state index in [-0.39, 0.29) is 11.3 Å². The molecular formula is C14H26N4O. The van der Waals surface area contributed by atoms with Gasteiger partial charge in [0.25, 0.3) is 0 Å². The highest BCUT2D eigenvalue weighted by molar-refractivity contribution is 5.75. The number of amides is 1. The Morgan fingerprint density at radius 2 is 2.16 bits per heavy atom. The SMILES string of the molecule is Cc1c(CNC(=O)CCC(C)(C)CCN)cnn1C. The lowest BCUT2D eigenvalue weighted by Gasteiger charge is -2.23. The van der Waals surface area contributed by atoms with Crippen LogP contribution in [0, 0.1) is 12.3 Å². The molecule has 0 aliphatic rings. The van der Waals surface area contributed by atoms with E-state index in [0.717, 1.165) is 24.1 Å². The Morgan fingerprint density at radius 3 is 2.68 bits per heavy atom. The van der Waals surface area contributed by atoms with Gasteiger partial charge in [-0.05, 0) is 31.7 Å². The number of rotatable bonds is 7. The first-order valence-corrected chi connectivity index (χ1v) is 6.80. The zero-order valence-corrected chi connectivity index (χ0v) is 12.5. The molecule has 0 aliphatic carbocycles. The zero-order valence-electron chi connectivity index (χ0n) is 12.5. The van der Waals surface area contributed by atoms with Crippen molar-refractivity contribution >= 4 is 5.91 Å². The molecule has 1 rings (SSSR count). The Hall–Kier alpha value is -1.36. The summed E-state index contributed by atoms with van der Waals surface area (Å²) >= 11 is 0. The molecule has 0 bridgehead atoms. The van der Waals surface area contributed by atoms with Gasteiger partial charge in [0.05, 0.1) is 6.20 Å². The first-order valence-electron chi connectivity index (χ1n) is 6.80. The monoisotopic (exact) mass is 266 g/mol. The fourth-order valence-corrected chi connectivity index (χ4v) is 1.97. The minimum Gasteiger partial charge on any atom is -0.352 e. The number of hydrogen-bond acceptors (Lipinski definition) is 3. The average molecular weight is 266 g/mol. The highest BCUT2D eigenvalue weighted by Crippen LogP contribution is 2.25. The third-order valence-corrected chi connectivity index (χ3v) is 3.66. The maximum absolute atomic E-state index is 11.8. The number of nitrogens with one attached hydrogen (secondary N) is 1. The summed E-state index contributed by atoms with van der Waals surface area (Å²) in [5.74, 6) is 0.0911. The van der Waals surface area contributed by atoms with Crippen molar-refractivity contribution in [3.63, 3.8) is 0 Å². The molecule has 0 unspecified atom stereocenters. The van der Waals surface area contributed by atoms with Gasteiger partial charge in [0, 0.05) is 31.3 Å². The van der Waals surface area contributed by atoms with Crippen LogP contribution in [0.3, 0.4) is 0 Å². The van der Waals surface area contributed by atoms with Crippen LogP contribution >= 0.6 is 0 Å². The van der Waals surface area contributed by atoms with Crippen molar-refractivity contribution in [3.05, 3.63) is 17.5 Å². The van der Waals surface area contributed by atoms with E-state index in [1.54, 1.807) is 6.20 Å². The average Bonchev–Trinajstić information content (AvgIpc) is 2.65. The predicted octanol–water partition coefficient (Wildman–Crippen LogP) is 1.50. The smallest absolute Gasteiger partial charge is 0.220 e. The molecule has 1 aromatic heterocycles. The van der Waals surface area contributed by atoms with E-state index in [1.807, 2.05) is 18.7 Å². The zero-order chi connectivity index (χ0) is 14.5. The Morgan fingerprint density at radius 1 is 1.47 bits per heavy atom. The van der Waals surface area contributed by atoms with E-state index >= 15 is 0 Å². The van der Waals surface area contributed by atoms with E-state index in [0.29, 0.717) is 19.5 Å². The number of nitrogens with two attached hydrogens (primary N) is 1. The van der Waals surface area contributed by atoms with Crippen LogP contribution in [0.2, 0.25) is 0 Å². The van der Waals surface area contributed by atoms with Gasteiger partial charge in [-0.3, -0.25) is 9.48 Å². The lowest BCUT2D eigenvalue weighted by molar-refractivity contribution is -0.121. The number of aromatic nitrogens is 2. The molecule has 5 nitrogen and oxygen atoms in total. The second-order valence-electron chi connectivity index (χ2n) is 5.86. The molecule has 1 amide bonds. The number of carbonyl (C=O) groups excluding carboxylic acids is 1. The molecule has 0 aromatic carbocycles. The van der Waals surface area contributed by atoms with E-state index in [1.165, 1.54) is 0 Å². The van der Waals surface area contributed by atoms with Crippen LogP contribution in [0.15, 0.2) is 6.20 Å². The Labute approximate surface area is 115 Å². The summed E-state index contributed by atoms with van der Waals surface area (Å²) < 4.78 is 1.81. The van der Waals surface area contributed by atoms with Crippen LogP contribution in [0.4, 0.5) is 0 Å². The summed E-state index contributed by atoms with van der Waals surface area (Å²) in [6.07, 6.45) is 4.16. The molecule has 0 radical (unpaired) electrons. The van der Waals surface area contributed by atoms with Crippen LogP contribution in [-0.4, -0.2) is 22.2 Å². The van der Waals surface area contributed by atoms with Gasteiger partial charge in [-0.1, -0.05) is 13.8 Å². The van der Waals surface area contributed by atoms with Crippen LogP contribution < -0.4 is 11.1 Å². The molecule has 0 saturated carbocycles. The molecule has 5 heteroatoms. The number of carbonyl (C=O) groups is 1. The summed E-state index contributed by atoms with van der Waals surface area (Å²) in [6, 6.07) is 0. The van der Waals surface area contributed by atoms with Gasteiger partial charge in [0.1, 0.15) is 0 Å². The first-order chi connectivity index (χ1) is 8.85. The molecule has 19 heavy (non-hydrogen) atoms. The first kappa shape index (κ1) is 15.7. The summed E-state index contributed by atoms with van der Waals surface area (Å²) in [5, 5.41) is 7.10. The molecule has 0 atom stereocenters. The predicted molar refractivity (Wildman–Crippen MR) is 76.5 cm³/mol. The summed E-state index contributed by atoms with van der Waals surface area (Å²) in [7, 11) is 1.90. The lowest BCUT2D eigenvalue weighted by atomic mass is 9.84. The molecule has 0 fully saturated rings. The molecule has 3 N–H and O–H groups in total. The minimum atomic E-state index is 0.0911. The molecule has 1 heterocycles. The van der Waals surface area contributed by atoms with E-state index < -0.39 is 0 Å². The van der Waals surface area contributed by atoms with Crippen molar-refractivity contribution in [1.29, 1.82) is 0 Å². The number of hydrogen-bond donors (Lipinski definition) is 2. The van der Waals surface area contributed by atoms with Crippen molar-refractivity contribution in [2.24, 2.45) is 18.2 Å². The van der Waals surface area contributed by atoms with Gasteiger partial charge in [0.15, 0.2) is 0 Å². The topological polar surface area (TPSA) is 72.9 Å². The third kappa shape index (κ3) is 5.03. The molecular weight excluding hydrogens is 240 g/mol. The van der Waals surface area contributed by atoms with Crippen molar-refractivity contribution in [1.82, 2.24) is 15.1 Å². The second-order valence-corrected chi connectivity index (χ2v) is 5.86. The van der Waals surface area contributed by atoms with E-state index in [9.17, 15) is 4.79 Å². The summed E-state index contributed by atoms with van der Waals surface area (Å²) in [4.78, 5) is 11.8. The minimum absolute atomic E-state index is 0.0911. The van der Waals surface area contributed by atoms with Gasteiger partial charge in [-0.25, -0.2) is 0 Å². The highest BCUT2D eigenvalue weighted by atomic mass is 16.1. The Balaban J connectivity index is 2.34. The van der Waals surface area contributed by atoms with Crippen LogP contribution in [0.25, 0.3) is 0 Å². The van der Waals surface area contributed by atoms with Crippen molar-refractivity contribution in [2.45, 2.75) is 46.6 Å². The van der Waals surface area contributed by atoms with E-state index in [2.05, 4.69) is 24.3 Å². The maximum atomic E-state index is 11.8. The molecule has 1 aromatic rings. The fraction of sp³-hybridized carbons (Fsp3) is 0.714. The van der Waals surface area contributed by atoms with Crippen LogP contribution in [-0.2, 0) is 18.4 Å². The third-order valence-electron chi connectivity index (χ3n) is 3.66. The number of nitrogens with zero attached hydrogens (tertiary/aromatic N) is 2. The molecule has 0 saturated heterocycles. The van der Waals surface area contributed by atoms with E-state index in [4.69, 9.17) is 5.73 Å². The van der Waals surface area contributed by atoms with Gasteiger partial charge in [0.2, 0.25) is 5.91 Å². The largest absolute Gasteiger partial charge is 0.352 e. The van der Waals surface area contributed by atoms with Crippen molar-refractivity contribution in [3.8, 4) is 0 Å². The quantitative estimate of drug-likeness (QED) is 0.785. The van der Waals surface area contributed by atoms with Gasteiger partial charge >= 0.3 is 0 Å². The standard InChI is InChI=1S/C14H26N4O/c1-11-12(10-17-18(11)4)9-16-13(19)5-6-14(2,3)7-8-15/h10H,5-9,15H2,1-4H3,(H,16,19).